The van der Waals surface area contributed by atoms with Crippen LogP contribution < -0.4 is 0 Å². The second-order valence-corrected chi connectivity index (χ2v) is 10.7. The highest BCUT2D eigenvalue weighted by Gasteiger charge is 2.41. The number of rotatable bonds is 5. The van der Waals surface area contributed by atoms with Gasteiger partial charge in [0.1, 0.15) is 11.2 Å². The predicted molar refractivity (Wildman–Crippen MR) is 143 cm³/mol. The molecule has 0 aromatic carbocycles. The topological polar surface area (TPSA) is 92.4 Å². The smallest absolute Gasteiger partial charge is 0.228 e. The van der Waals surface area contributed by atoms with Gasteiger partial charge in [0, 0.05) is 49.7 Å². The van der Waals surface area contributed by atoms with Crippen molar-refractivity contribution in [3.63, 3.8) is 0 Å². The van der Waals surface area contributed by atoms with E-state index in [1.54, 1.807) is 6.20 Å². The zero-order chi connectivity index (χ0) is 25.2. The quantitative estimate of drug-likeness (QED) is 0.530. The molecule has 1 amide bonds. The van der Waals surface area contributed by atoms with E-state index in [9.17, 15) is 4.79 Å². The van der Waals surface area contributed by atoms with E-state index in [0.29, 0.717) is 5.91 Å². The van der Waals surface area contributed by atoms with Crippen LogP contribution in [0.4, 0.5) is 0 Å². The number of piperidine rings is 2. The maximum atomic E-state index is 13.7. The molecule has 0 N–H and O–H groups in total. The van der Waals surface area contributed by atoms with Crippen molar-refractivity contribution in [3.05, 3.63) is 54.3 Å². The van der Waals surface area contributed by atoms with Gasteiger partial charge in [-0.2, -0.15) is 10.2 Å². The fraction of sp³-hybridized carbons (Fsp3) is 0.500. The van der Waals surface area contributed by atoms with E-state index in [2.05, 4.69) is 47.5 Å². The number of pyridine rings is 1. The standard InChI is InChI=1S/C28H34N8O/c1-28(10-17-34(18-11-28)20-21-7-14-31-32-19-21)27(37)35-15-8-22(9-16-35)36-25-24(6-4-13-30-25)33-26(36)23-5-2-3-12-29-23/h4-7,12-14,19,22H,2-3,8-11,15-18,20H2,1H3. The summed E-state index contributed by atoms with van der Waals surface area (Å²) >= 11 is 0. The van der Waals surface area contributed by atoms with E-state index < -0.39 is 0 Å². The second kappa shape index (κ2) is 10.1. The lowest BCUT2D eigenvalue weighted by Gasteiger charge is -2.43. The summed E-state index contributed by atoms with van der Waals surface area (Å²) in [5.74, 6) is 1.21. The number of fused-ring (bicyclic) bond motifs is 1. The van der Waals surface area contributed by atoms with Gasteiger partial charge in [0.15, 0.2) is 11.5 Å². The predicted octanol–water partition coefficient (Wildman–Crippen LogP) is 3.89. The second-order valence-electron chi connectivity index (χ2n) is 10.7. The van der Waals surface area contributed by atoms with Gasteiger partial charge in [-0.3, -0.25) is 14.7 Å². The molecule has 37 heavy (non-hydrogen) atoms. The average molecular weight is 499 g/mol. The molecule has 3 aliphatic rings. The summed E-state index contributed by atoms with van der Waals surface area (Å²) in [7, 11) is 0. The lowest BCUT2D eigenvalue weighted by molar-refractivity contribution is -0.145. The summed E-state index contributed by atoms with van der Waals surface area (Å²) in [6.45, 7) is 6.39. The van der Waals surface area contributed by atoms with E-state index in [1.807, 2.05) is 36.8 Å². The van der Waals surface area contributed by atoms with Crippen LogP contribution in [-0.4, -0.2) is 72.8 Å². The van der Waals surface area contributed by atoms with Crippen molar-refractivity contribution < 1.29 is 4.79 Å². The van der Waals surface area contributed by atoms with Crippen LogP contribution in [0.1, 0.15) is 62.9 Å². The first-order valence-electron chi connectivity index (χ1n) is 13.4. The summed E-state index contributed by atoms with van der Waals surface area (Å²) < 4.78 is 2.28. The van der Waals surface area contributed by atoms with E-state index in [-0.39, 0.29) is 11.5 Å². The van der Waals surface area contributed by atoms with Gasteiger partial charge in [-0.25, -0.2) is 9.97 Å². The SMILES string of the molecule is CC1(C(=O)N2CCC(n3c(C4=CCCC=N4)nc4cccnc43)CC2)CCN(Cc2ccnnc2)CC1. The van der Waals surface area contributed by atoms with Gasteiger partial charge in [-0.1, -0.05) is 13.0 Å². The van der Waals surface area contributed by atoms with Crippen molar-refractivity contribution in [1.29, 1.82) is 0 Å². The molecule has 6 heterocycles. The molecule has 0 spiro atoms. The molecule has 9 nitrogen and oxygen atoms in total. The molecule has 3 aromatic rings. The van der Waals surface area contributed by atoms with Gasteiger partial charge in [0.25, 0.3) is 0 Å². The van der Waals surface area contributed by atoms with Crippen molar-refractivity contribution >= 4 is 29.0 Å². The van der Waals surface area contributed by atoms with Crippen molar-refractivity contribution in [2.75, 3.05) is 26.2 Å². The molecule has 192 valence electrons. The third kappa shape index (κ3) is 4.80. The number of carbonyl (C=O) groups is 1. The van der Waals surface area contributed by atoms with Crippen LogP contribution in [0, 0.1) is 5.41 Å². The molecule has 0 aliphatic carbocycles. The molecule has 0 bridgehead atoms. The lowest BCUT2D eigenvalue weighted by Crippen LogP contribution is -2.50. The van der Waals surface area contributed by atoms with Gasteiger partial charge in [0.05, 0.1) is 6.20 Å². The number of nitrogens with zero attached hydrogens (tertiary/aromatic N) is 8. The number of hydrogen-bond acceptors (Lipinski definition) is 7. The van der Waals surface area contributed by atoms with Gasteiger partial charge >= 0.3 is 0 Å². The molecule has 0 atom stereocenters. The Bertz CT molecular complexity index is 1310. The van der Waals surface area contributed by atoms with Crippen molar-refractivity contribution in [3.8, 4) is 0 Å². The highest BCUT2D eigenvalue weighted by molar-refractivity contribution is 5.83. The van der Waals surface area contributed by atoms with Gasteiger partial charge in [0.2, 0.25) is 5.91 Å². The largest absolute Gasteiger partial charge is 0.342 e. The number of aliphatic imine (C=N–C) groups is 1. The van der Waals surface area contributed by atoms with E-state index in [1.165, 1.54) is 5.56 Å². The lowest BCUT2D eigenvalue weighted by atomic mass is 9.78. The Morgan fingerprint density at radius 1 is 1.05 bits per heavy atom. The first-order chi connectivity index (χ1) is 18.1. The van der Waals surface area contributed by atoms with E-state index in [4.69, 9.17) is 4.98 Å². The maximum absolute atomic E-state index is 13.7. The van der Waals surface area contributed by atoms with Crippen LogP contribution in [-0.2, 0) is 11.3 Å². The van der Waals surface area contributed by atoms with Crippen LogP contribution in [0.2, 0.25) is 0 Å². The fourth-order valence-corrected chi connectivity index (χ4v) is 5.91. The van der Waals surface area contributed by atoms with Crippen LogP contribution in [0.5, 0.6) is 0 Å². The Kier molecular flexibility index (Phi) is 6.54. The molecule has 3 aromatic heterocycles. The van der Waals surface area contributed by atoms with Gasteiger partial charge < -0.3 is 9.47 Å². The van der Waals surface area contributed by atoms with Crippen LogP contribution in [0.15, 0.2) is 47.9 Å². The third-order valence-corrected chi connectivity index (χ3v) is 8.19. The number of likely N-dealkylation sites (tertiary alicyclic amines) is 2. The first kappa shape index (κ1) is 23.9. The molecule has 9 heteroatoms. The Morgan fingerprint density at radius 3 is 2.62 bits per heavy atom. The summed E-state index contributed by atoms with van der Waals surface area (Å²) in [5.41, 5.74) is 3.62. The van der Waals surface area contributed by atoms with E-state index in [0.717, 1.165) is 93.9 Å². The van der Waals surface area contributed by atoms with Crippen LogP contribution >= 0.6 is 0 Å². The minimum Gasteiger partial charge on any atom is -0.342 e. The van der Waals surface area contributed by atoms with E-state index >= 15 is 0 Å². The molecule has 2 saturated heterocycles. The third-order valence-electron chi connectivity index (χ3n) is 8.19. The minimum atomic E-state index is -0.296. The van der Waals surface area contributed by atoms with Crippen molar-refractivity contribution in [2.45, 2.75) is 58.0 Å². The zero-order valence-corrected chi connectivity index (χ0v) is 21.5. The molecular weight excluding hydrogens is 464 g/mol. The number of allylic oxidation sites excluding steroid dienone is 1. The monoisotopic (exact) mass is 498 g/mol. The molecule has 0 saturated carbocycles. The molecule has 2 fully saturated rings. The number of amides is 1. The highest BCUT2D eigenvalue weighted by atomic mass is 16.2. The van der Waals surface area contributed by atoms with Crippen LogP contribution in [0.25, 0.3) is 16.9 Å². The number of carbonyl (C=O) groups excluding carboxylic acids is 1. The van der Waals surface area contributed by atoms with Crippen molar-refractivity contribution in [1.82, 2.24) is 34.5 Å². The first-order valence-corrected chi connectivity index (χ1v) is 13.4. The molecule has 0 radical (unpaired) electrons. The van der Waals surface area contributed by atoms with Crippen LogP contribution in [0.3, 0.4) is 0 Å². The van der Waals surface area contributed by atoms with Gasteiger partial charge in [-0.05, 0) is 75.4 Å². The zero-order valence-electron chi connectivity index (χ0n) is 21.5. The Balaban J connectivity index is 1.12. The normalized spacial score (nSPS) is 20.8. The molecule has 0 unspecified atom stereocenters. The fourth-order valence-electron chi connectivity index (χ4n) is 5.91. The maximum Gasteiger partial charge on any atom is 0.228 e. The average Bonchev–Trinajstić information content (AvgIpc) is 3.35. The summed E-state index contributed by atoms with van der Waals surface area (Å²) in [6, 6.07) is 6.22. The Labute approximate surface area is 217 Å². The summed E-state index contributed by atoms with van der Waals surface area (Å²) in [6.07, 6.45) is 15.1. The summed E-state index contributed by atoms with van der Waals surface area (Å²) in [5, 5.41) is 7.85. The number of hydrogen-bond donors (Lipinski definition) is 0. The van der Waals surface area contributed by atoms with Crippen molar-refractivity contribution in [2.24, 2.45) is 10.4 Å². The minimum absolute atomic E-state index is 0.251. The Morgan fingerprint density at radius 2 is 1.89 bits per heavy atom. The molecule has 3 aliphatic heterocycles. The highest BCUT2D eigenvalue weighted by Crippen LogP contribution is 2.37. The number of aromatic nitrogens is 5. The molecule has 6 rings (SSSR count). The van der Waals surface area contributed by atoms with Gasteiger partial charge in [-0.15, -0.1) is 0 Å². The Hall–Kier alpha value is -3.46. The number of imidazole rings is 1. The summed E-state index contributed by atoms with van der Waals surface area (Å²) in [4.78, 5) is 32.4. The molecular formula is C28H34N8O.